The maximum Gasteiger partial charge on any atom is 0.412 e. The van der Waals surface area contributed by atoms with Crippen molar-refractivity contribution in [1.82, 2.24) is 24.7 Å². The molecule has 33 heavy (non-hydrogen) atoms. The minimum atomic E-state index is -4.41. The minimum absolute atomic E-state index is 0.108. The van der Waals surface area contributed by atoms with Crippen LogP contribution in [-0.2, 0) is 11.2 Å². The zero-order valence-electron chi connectivity index (χ0n) is 18.3. The molecule has 2 fully saturated rings. The monoisotopic (exact) mass is 458 g/mol. The van der Waals surface area contributed by atoms with E-state index in [1.165, 1.54) is 0 Å². The number of nitrogens with zero attached hydrogens (tertiary/aromatic N) is 6. The largest absolute Gasteiger partial charge is 0.412 e. The Balaban J connectivity index is 1.42. The summed E-state index contributed by atoms with van der Waals surface area (Å²) in [7, 11) is 0. The van der Waals surface area contributed by atoms with Crippen molar-refractivity contribution in [2.24, 2.45) is 0 Å². The van der Waals surface area contributed by atoms with E-state index in [0.717, 1.165) is 24.1 Å². The van der Waals surface area contributed by atoms with Crippen LogP contribution in [0, 0.1) is 6.92 Å². The van der Waals surface area contributed by atoms with Gasteiger partial charge in [-0.25, -0.2) is 9.97 Å². The van der Waals surface area contributed by atoms with E-state index in [-0.39, 0.29) is 18.9 Å². The lowest BCUT2D eigenvalue weighted by Gasteiger charge is -2.32. The van der Waals surface area contributed by atoms with Gasteiger partial charge in [0.1, 0.15) is 6.10 Å². The Morgan fingerprint density at radius 3 is 2.79 bits per heavy atom. The highest BCUT2D eigenvalue weighted by Crippen LogP contribution is 2.35. The Morgan fingerprint density at radius 2 is 2.03 bits per heavy atom. The third-order valence-corrected chi connectivity index (χ3v) is 6.09. The van der Waals surface area contributed by atoms with Gasteiger partial charge in [0.05, 0.1) is 31.1 Å². The van der Waals surface area contributed by atoms with Gasteiger partial charge < -0.3 is 9.64 Å². The quantitative estimate of drug-likeness (QED) is 0.507. The third kappa shape index (κ3) is 4.71. The van der Waals surface area contributed by atoms with Gasteiger partial charge >= 0.3 is 6.18 Å². The van der Waals surface area contributed by atoms with Crippen LogP contribution in [0.3, 0.4) is 0 Å². The molecule has 0 radical (unpaired) electrons. The molecule has 3 aromatic heterocycles. The molecule has 1 saturated heterocycles. The number of allylic oxidation sites excluding steroid dienone is 1. The molecule has 10 heteroatoms. The number of halogens is 3. The van der Waals surface area contributed by atoms with Crippen molar-refractivity contribution in [3.8, 4) is 0 Å². The average molecular weight is 458 g/mol. The van der Waals surface area contributed by atoms with Crippen LogP contribution in [0.5, 0.6) is 0 Å². The number of hydrogen-bond donors (Lipinski definition) is 0. The lowest BCUT2D eigenvalue weighted by atomic mass is 10.1. The number of morpholine rings is 1. The van der Waals surface area contributed by atoms with Gasteiger partial charge in [0.2, 0.25) is 5.95 Å². The highest BCUT2D eigenvalue weighted by Gasteiger charge is 2.32. The lowest BCUT2D eigenvalue weighted by Crippen LogP contribution is -2.39. The van der Waals surface area contributed by atoms with Crippen molar-refractivity contribution in [3.63, 3.8) is 0 Å². The van der Waals surface area contributed by atoms with E-state index in [0.29, 0.717) is 48.4 Å². The molecule has 3 aromatic rings. The molecule has 0 bridgehead atoms. The number of anilines is 1. The Labute approximate surface area is 189 Å². The fraction of sp³-hybridized carbons (Fsp3) is 0.478. The zero-order chi connectivity index (χ0) is 23.2. The number of alkyl halides is 3. The van der Waals surface area contributed by atoms with Crippen LogP contribution < -0.4 is 4.90 Å². The van der Waals surface area contributed by atoms with E-state index in [2.05, 4.69) is 26.6 Å². The van der Waals surface area contributed by atoms with E-state index in [9.17, 15) is 13.2 Å². The molecule has 1 saturated carbocycles. The van der Waals surface area contributed by atoms with Crippen LogP contribution in [0.15, 0.2) is 36.7 Å². The van der Waals surface area contributed by atoms with Crippen LogP contribution in [0.2, 0.25) is 0 Å². The maximum absolute atomic E-state index is 13.0. The van der Waals surface area contributed by atoms with Gasteiger partial charge in [-0.2, -0.15) is 23.3 Å². The number of aryl methyl sites for hydroxylation is 2. The molecule has 0 unspecified atom stereocenters. The van der Waals surface area contributed by atoms with Gasteiger partial charge in [-0.3, -0.25) is 4.68 Å². The Morgan fingerprint density at radius 1 is 1.21 bits per heavy atom. The maximum atomic E-state index is 13.0. The molecule has 0 spiro atoms. The zero-order valence-corrected chi connectivity index (χ0v) is 18.3. The van der Waals surface area contributed by atoms with Crippen LogP contribution >= 0.6 is 0 Å². The number of pyridine rings is 1. The topological polar surface area (TPSA) is 69.0 Å². The first-order chi connectivity index (χ1) is 15.8. The predicted octanol–water partition coefficient (Wildman–Crippen LogP) is 4.49. The molecular formula is C23H25F3N6O. The predicted molar refractivity (Wildman–Crippen MR) is 117 cm³/mol. The SMILES string of the molecule is C=C(CCc1nc(N2CCO[C@@H](c3cnn(C4CC4)c3)C2)nc2nc(C)ccc12)C(F)(F)F. The molecule has 174 valence electrons. The second-order valence-electron chi connectivity index (χ2n) is 8.69. The van der Waals surface area contributed by atoms with Gasteiger partial charge in [0.15, 0.2) is 5.65 Å². The van der Waals surface area contributed by atoms with E-state index in [4.69, 9.17) is 4.74 Å². The van der Waals surface area contributed by atoms with Gasteiger partial charge in [0, 0.05) is 35.0 Å². The second kappa shape index (κ2) is 8.40. The summed E-state index contributed by atoms with van der Waals surface area (Å²) < 4.78 is 46.9. The van der Waals surface area contributed by atoms with Crippen molar-refractivity contribution in [2.45, 2.75) is 50.9 Å². The van der Waals surface area contributed by atoms with Gasteiger partial charge in [-0.1, -0.05) is 6.58 Å². The molecule has 2 aliphatic rings. The van der Waals surface area contributed by atoms with Gasteiger partial charge in [0.25, 0.3) is 0 Å². The first-order valence-electron chi connectivity index (χ1n) is 11.1. The summed E-state index contributed by atoms with van der Waals surface area (Å²) >= 11 is 0. The van der Waals surface area contributed by atoms with Crippen molar-refractivity contribution < 1.29 is 17.9 Å². The fourth-order valence-corrected chi connectivity index (χ4v) is 3.99. The molecule has 1 aliphatic heterocycles. The minimum Gasteiger partial charge on any atom is -0.370 e. The molecular weight excluding hydrogens is 433 g/mol. The first-order valence-corrected chi connectivity index (χ1v) is 11.1. The van der Waals surface area contributed by atoms with Gasteiger partial charge in [-0.15, -0.1) is 0 Å². The Kier molecular flexibility index (Phi) is 5.55. The lowest BCUT2D eigenvalue weighted by molar-refractivity contribution is -0.0935. The highest BCUT2D eigenvalue weighted by atomic mass is 19.4. The highest BCUT2D eigenvalue weighted by molar-refractivity contribution is 5.78. The summed E-state index contributed by atoms with van der Waals surface area (Å²) in [6, 6.07) is 4.13. The molecule has 4 heterocycles. The average Bonchev–Trinajstić information content (AvgIpc) is 3.52. The van der Waals surface area contributed by atoms with Gasteiger partial charge in [-0.05, 0) is 44.7 Å². The number of rotatable bonds is 6. The standard InChI is InChI=1S/C23H25F3N6O/c1-14(23(24,25)26)3-8-19-18-7-4-15(2)28-21(18)30-22(29-19)31-9-10-33-20(13-31)16-11-27-32(12-16)17-5-6-17/h4,7,11-12,17,20H,1,3,5-6,8-10,13H2,2H3/t20-/m1/s1. The number of ether oxygens (including phenoxy) is 1. The number of hydrogen-bond acceptors (Lipinski definition) is 6. The number of aromatic nitrogens is 5. The molecule has 5 rings (SSSR count). The summed E-state index contributed by atoms with van der Waals surface area (Å²) in [4.78, 5) is 15.8. The van der Waals surface area contributed by atoms with Crippen molar-refractivity contribution in [3.05, 3.63) is 53.6 Å². The van der Waals surface area contributed by atoms with Crippen molar-refractivity contribution in [1.29, 1.82) is 0 Å². The first kappa shape index (κ1) is 21.8. The summed E-state index contributed by atoms with van der Waals surface area (Å²) in [5.41, 5.74) is 2.04. The fourth-order valence-electron chi connectivity index (χ4n) is 3.99. The van der Waals surface area contributed by atoms with Crippen LogP contribution in [0.1, 0.15) is 48.4 Å². The molecule has 1 aliphatic carbocycles. The summed E-state index contributed by atoms with van der Waals surface area (Å²) in [5.74, 6) is 0.455. The second-order valence-corrected chi connectivity index (χ2v) is 8.69. The summed E-state index contributed by atoms with van der Waals surface area (Å²) in [5, 5.41) is 5.12. The van der Waals surface area contributed by atoms with E-state index in [1.807, 2.05) is 41.0 Å². The molecule has 1 atom stereocenters. The van der Waals surface area contributed by atoms with Crippen molar-refractivity contribution >= 4 is 17.0 Å². The Bertz CT molecular complexity index is 1190. The molecule has 0 amide bonds. The van der Waals surface area contributed by atoms with E-state index >= 15 is 0 Å². The Hall–Kier alpha value is -3.01. The number of fused-ring (bicyclic) bond motifs is 1. The van der Waals surface area contributed by atoms with Crippen molar-refractivity contribution in [2.75, 3.05) is 24.6 Å². The summed E-state index contributed by atoms with van der Waals surface area (Å²) in [6.07, 6.45) is 1.47. The van der Waals surface area contributed by atoms with E-state index < -0.39 is 11.7 Å². The molecule has 7 nitrogen and oxygen atoms in total. The third-order valence-electron chi connectivity index (χ3n) is 6.09. The molecule has 0 aromatic carbocycles. The van der Waals surface area contributed by atoms with Crippen LogP contribution in [0.25, 0.3) is 11.0 Å². The van der Waals surface area contributed by atoms with E-state index in [1.54, 1.807) is 0 Å². The van der Waals surface area contributed by atoms with Crippen LogP contribution in [-0.4, -0.2) is 50.6 Å². The smallest absolute Gasteiger partial charge is 0.370 e. The normalized spacial score (nSPS) is 19.3. The summed E-state index contributed by atoms with van der Waals surface area (Å²) in [6.45, 7) is 6.65. The molecule has 0 N–H and O–H groups in total. The van der Waals surface area contributed by atoms with Crippen LogP contribution in [0.4, 0.5) is 19.1 Å².